The molecule has 0 spiro atoms. The molecule has 0 aromatic heterocycles. The Balaban J connectivity index is 3.18. The van der Waals surface area contributed by atoms with E-state index in [1.54, 1.807) is 0 Å². The predicted molar refractivity (Wildman–Crippen MR) is 58.6 cm³/mol. The first-order chi connectivity index (χ1) is 7.43. The van der Waals surface area contributed by atoms with Crippen molar-refractivity contribution < 1.29 is 18.3 Å². The molecule has 0 amide bonds. The van der Waals surface area contributed by atoms with Crippen molar-refractivity contribution in [3.63, 3.8) is 0 Å². The summed E-state index contributed by atoms with van der Waals surface area (Å²) in [5.41, 5.74) is 4.69. The molecule has 6 heteroatoms. The Kier molecular flexibility index (Phi) is 3.98. The van der Waals surface area contributed by atoms with Crippen LogP contribution in [0.1, 0.15) is 5.56 Å². The van der Waals surface area contributed by atoms with Crippen LogP contribution in [0.5, 0.6) is 5.75 Å². The van der Waals surface area contributed by atoms with E-state index in [0.29, 0.717) is 4.47 Å². The number of halogens is 3. The van der Waals surface area contributed by atoms with Crippen LogP contribution in [0.2, 0.25) is 0 Å². The van der Waals surface area contributed by atoms with E-state index in [-0.39, 0.29) is 17.6 Å². The second-order valence-corrected chi connectivity index (χ2v) is 3.99. The smallest absolute Gasteiger partial charge is 0.294 e. The van der Waals surface area contributed by atoms with Crippen LogP contribution in [0.15, 0.2) is 22.7 Å². The van der Waals surface area contributed by atoms with E-state index in [1.807, 2.05) is 0 Å². The lowest BCUT2D eigenvalue weighted by molar-refractivity contribution is -0.118. The van der Waals surface area contributed by atoms with Gasteiger partial charge in [-0.25, -0.2) is 0 Å². The molecule has 1 rings (SSSR count). The van der Waals surface area contributed by atoms with Gasteiger partial charge in [0.05, 0.1) is 11.6 Å². The van der Waals surface area contributed by atoms with Crippen molar-refractivity contribution in [3.8, 4) is 5.75 Å². The zero-order valence-electron chi connectivity index (χ0n) is 8.41. The van der Waals surface area contributed by atoms with Gasteiger partial charge in [0.25, 0.3) is 5.92 Å². The van der Waals surface area contributed by atoms with Crippen LogP contribution in [0.4, 0.5) is 8.78 Å². The van der Waals surface area contributed by atoms with Crippen molar-refractivity contribution in [3.05, 3.63) is 28.2 Å². The molecule has 2 N–H and O–H groups in total. The standard InChI is InChI=1S/C10H10BrF2NO2/c1-16-8-4-6(2-3-7(8)11)10(12,13)9(14)5-15/h2-5,9H,14H2,1H3. The lowest BCUT2D eigenvalue weighted by Gasteiger charge is -2.20. The van der Waals surface area contributed by atoms with Gasteiger partial charge < -0.3 is 15.3 Å². The topological polar surface area (TPSA) is 52.3 Å². The Hall–Kier alpha value is -1.01. The molecular weight excluding hydrogens is 284 g/mol. The van der Waals surface area contributed by atoms with Gasteiger partial charge in [-0.1, -0.05) is 6.07 Å². The molecule has 0 heterocycles. The molecule has 0 fully saturated rings. The highest BCUT2D eigenvalue weighted by Gasteiger charge is 2.39. The van der Waals surface area contributed by atoms with E-state index < -0.39 is 12.0 Å². The maximum atomic E-state index is 13.6. The fourth-order valence-electron chi connectivity index (χ4n) is 1.15. The Morgan fingerprint density at radius 3 is 2.69 bits per heavy atom. The number of hydrogen-bond donors (Lipinski definition) is 1. The molecule has 1 aromatic rings. The van der Waals surface area contributed by atoms with Gasteiger partial charge in [-0.2, -0.15) is 8.78 Å². The highest BCUT2D eigenvalue weighted by atomic mass is 79.9. The van der Waals surface area contributed by atoms with Gasteiger partial charge in [-0.05, 0) is 28.1 Å². The van der Waals surface area contributed by atoms with E-state index in [2.05, 4.69) is 15.9 Å². The van der Waals surface area contributed by atoms with Crippen molar-refractivity contribution in [2.75, 3.05) is 7.11 Å². The SMILES string of the molecule is COc1cc(C(F)(F)C(N)C=O)ccc1Br. The van der Waals surface area contributed by atoms with Gasteiger partial charge in [-0.15, -0.1) is 0 Å². The Bertz CT molecular complexity index is 398. The van der Waals surface area contributed by atoms with Crippen LogP contribution < -0.4 is 10.5 Å². The lowest BCUT2D eigenvalue weighted by Crippen LogP contribution is -2.39. The second kappa shape index (κ2) is 4.88. The third-order valence-corrected chi connectivity index (χ3v) is 2.76. The summed E-state index contributed by atoms with van der Waals surface area (Å²) in [4.78, 5) is 10.3. The van der Waals surface area contributed by atoms with E-state index in [9.17, 15) is 13.6 Å². The zero-order valence-corrected chi connectivity index (χ0v) is 10.0. The molecule has 1 atom stereocenters. The molecule has 0 saturated carbocycles. The maximum absolute atomic E-state index is 13.6. The van der Waals surface area contributed by atoms with Crippen LogP contribution >= 0.6 is 15.9 Å². The number of carbonyl (C=O) groups is 1. The van der Waals surface area contributed by atoms with Gasteiger partial charge in [0.15, 0.2) is 0 Å². The molecule has 1 unspecified atom stereocenters. The summed E-state index contributed by atoms with van der Waals surface area (Å²) in [5.74, 6) is -3.15. The summed E-state index contributed by atoms with van der Waals surface area (Å²) in [5, 5.41) is 0. The van der Waals surface area contributed by atoms with E-state index in [1.165, 1.54) is 19.2 Å². The summed E-state index contributed by atoms with van der Waals surface area (Å²) in [6, 6.07) is 1.89. The average Bonchev–Trinajstić information content (AvgIpc) is 2.28. The van der Waals surface area contributed by atoms with Crippen molar-refractivity contribution in [2.45, 2.75) is 12.0 Å². The summed E-state index contributed by atoms with van der Waals surface area (Å²) in [7, 11) is 1.36. The van der Waals surface area contributed by atoms with Crippen molar-refractivity contribution in [1.29, 1.82) is 0 Å². The molecule has 0 aliphatic rings. The zero-order chi connectivity index (χ0) is 12.3. The van der Waals surface area contributed by atoms with Crippen LogP contribution in [0, 0.1) is 0 Å². The second-order valence-electron chi connectivity index (χ2n) is 3.13. The maximum Gasteiger partial charge on any atom is 0.294 e. The molecule has 1 aromatic carbocycles. The number of aldehydes is 1. The Morgan fingerprint density at radius 2 is 2.19 bits per heavy atom. The number of rotatable bonds is 4. The van der Waals surface area contributed by atoms with Crippen LogP contribution in [-0.2, 0) is 10.7 Å². The number of ether oxygens (including phenoxy) is 1. The van der Waals surface area contributed by atoms with E-state index in [4.69, 9.17) is 10.5 Å². The minimum atomic E-state index is -3.41. The quantitative estimate of drug-likeness (QED) is 0.865. The van der Waals surface area contributed by atoms with E-state index in [0.717, 1.165) is 6.07 Å². The monoisotopic (exact) mass is 293 g/mol. The lowest BCUT2D eigenvalue weighted by atomic mass is 10.0. The van der Waals surface area contributed by atoms with Crippen molar-refractivity contribution >= 4 is 22.2 Å². The van der Waals surface area contributed by atoms with Crippen LogP contribution in [-0.4, -0.2) is 19.4 Å². The minimum absolute atomic E-state index is 0.0223. The highest BCUT2D eigenvalue weighted by molar-refractivity contribution is 9.10. The third-order valence-electron chi connectivity index (χ3n) is 2.10. The van der Waals surface area contributed by atoms with Crippen LogP contribution in [0.3, 0.4) is 0 Å². The van der Waals surface area contributed by atoms with Gasteiger partial charge in [0.1, 0.15) is 18.1 Å². The summed E-state index contributed by atoms with van der Waals surface area (Å²) >= 11 is 3.14. The average molecular weight is 294 g/mol. The van der Waals surface area contributed by atoms with Gasteiger partial charge in [0, 0.05) is 5.56 Å². The summed E-state index contributed by atoms with van der Waals surface area (Å²) < 4.78 is 32.6. The number of nitrogens with two attached hydrogens (primary N) is 1. The molecule has 0 saturated heterocycles. The predicted octanol–water partition coefficient (Wildman–Crippen LogP) is 2.08. The fraction of sp³-hybridized carbons (Fsp3) is 0.300. The molecule has 0 aliphatic heterocycles. The minimum Gasteiger partial charge on any atom is -0.496 e. The normalized spacial score (nSPS) is 13.3. The Labute approximate surface area is 99.7 Å². The van der Waals surface area contributed by atoms with Gasteiger partial charge >= 0.3 is 0 Å². The first-order valence-electron chi connectivity index (χ1n) is 4.36. The molecule has 88 valence electrons. The highest BCUT2D eigenvalue weighted by Crippen LogP contribution is 2.35. The number of methoxy groups -OCH3 is 1. The third kappa shape index (κ3) is 2.38. The first kappa shape index (κ1) is 13.1. The molecule has 16 heavy (non-hydrogen) atoms. The van der Waals surface area contributed by atoms with Crippen LogP contribution in [0.25, 0.3) is 0 Å². The van der Waals surface area contributed by atoms with Crippen molar-refractivity contribution in [2.24, 2.45) is 5.73 Å². The fourth-order valence-corrected chi connectivity index (χ4v) is 1.55. The largest absolute Gasteiger partial charge is 0.496 e. The molecule has 0 bridgehead atoms. The van der Waals surface area contributed by atoms with Crippen molar-refractivity contribution in [1.82, 2.24) is 0 Å². The summed E-state index contributed by atoms with van der Waals surface area (Å²) in [6.45, 7) is 0. The van der Waals surface area contributed by atoms with Gasteiger partial charge in [-0.3, -0.25) is 0 Å². The van der Waals surface area contributed by atoms with E-state index >= 15 is 0 Å². The number of hydrogen-bond acceptors (Lipinski definition) is 3. The number of benzene rings is 1. The first-order valence-corrected chi connectivity index (χ1v) is 5.15. The number of alkyl halides is 2. The molecule has 0 aliphatic carbocycles. The molecular formula is C10H10BrF2NO2. The number of carbonyl (C=O) groups excluding carboxylic acids is 1. The molecule has 0 radical (unpaired) electrons. The van der Waals surface area contributed by atoms with Gasteiger partial charge in [0.2, 0.25) is 0 Å². The molecule has 3 nitrogen and oxygen atoms in total. The summed E-state index contributed by atoms with van der Waals surface area (Å²) in [6.07, 6.45) is 0.0223. The Morgan fingerprint density at radius 1 is 1.56 bits per heavy atom.